The molecule has 0 aromatic carbocycles. The largest absolute Gasteiger partial charge is 0.0888 e. The van der Waals surface area contributed by atoms with Gasteiger partial charge in [0.15, 0.2) is 0 Å². The van der Waals surface area contributed by atoms with E-state index in [1.165, 1.54) is 12.0 Å². The second kappa shape index (κ2) is 6.21. The van der Waals surface area contributed by atoms with Gasteiger partial charge in [-0.1, -0.05) is 37.6 Å². The predicted molar refractivity (Wildman–Crippen MR) is 52.6 cm³/mol. The van der Waals surface area contributed by atoms with Crippen molar-refractivity contribution in [2.45, 2.75) is 40.5 Å². The first-order valence-electron chi connectivity index (χ1n) is 4.50. The molecule has 11 heavy (non-hydrogen) atoms. The van der Waals surface area contributed by atoms with E-state index in [9.17, 15) is 0 Å². The van der Waals surface area contributed by atoms with Crippen LogP contribution in [0.5, 0.6) is 0 Å². The van der Waals surface area contributed by atoms with Gasteiger partial charge < -0.3 is 0 Å². The van der Waals surface area contributed by atoms with Crippen molar-refractivity contribution in [2.24, 2.45) is 5.92 Å². The maximum Gasteiger partial charge on any atom is -0.0200 e. The fraction of sp³-hybridized carbons (Fsp3) is 0.636. The number of hydrogen-bond donors (Lipinski definition) is 0. The van der Waals surface area contributed by atoms with E-state index in [1.807, 2.05) is 0 Å². The normalized spacial score (nSPS) is 15.8. The van der Waals surface area contributed by atoms with Crippen molar-refractivity contribution >= 4 is 0 Å². The van der Waals surface area contributed by atoms with Gasteiger partial charge >= 0.3 is 0 Å². The molecule has 0 bridgehead atoms. The van der Waals surface area contributed by atoms with E-state index in [2.05, 4.69) is 45.9 Å². The van der Waals surface area contributed by atoms with Crippen molar-refractivity contribution < 1.29 is 0 Å². The van der Waals surface area contributed by atoms with E-state index in [-0.39, 0.29) is 0 Å². The number of rotatable bonds is 4. The van der Waals surface area contributed by atoms with Crippen molar-refractivity contribution in [3.63, 3.8) is 0 Å². The van der Waals surface area contributed by atoms with Gasteiger partial charge in [-0.05, 0) is 32.6 Å². The Kier molecular flexibility index (Phi) is 5.91. The van der Waals surface area contributed by atoms with Gasteiger partial charge in [-0.25, -0.2) is 0 Å². The lowest BCUT2D eigenvalue weighted by atomic mass is 9.99. The minimum absolute atomic E-state index is 0.711. The Morgan fingerprint density at radius 1 is 1.36 bits per heavy atom. The Balaban J connectivity index is 3.69. The highest BCUT2D eigenvalue weighted by atomic mass is 14.0. The van der Waals surface area contributed by atoms with E-state index in [0.29, 0.717) is 5.92 Å². The van der Waals surface area contributed by atoms with Crippen LogP contribution in [0.1, 0.15) is 40.5 Å². The van der Waals surface area contributed by atoms with Gasteiger partial charge in [0.2, 0.25) is 0 Å². The average Bonchev–Trinajstić information content (AvgIpc) is 2.03. The number of hydrogen-bond acceptors (Lipinski definition) is 0. The molecule has 0 heteroatoms. The molecule has 0 saturated heterocycles. The third-order valence-corrected chi connectivity index (χ3v) is 2.12. The highest BCUT2D eigenvalue weighted by molar-refractivity contribution is 5.02. The summed E-state index contributed by atoms with van der Waals surface area (Å²) in [6.45, 7) is 8.75. The summed E-state index contributed by atoms with van der Waals surface area (Å²) in [6, 6.07) is 0. The Labute approximate surface area is 71.0 Å². The predicted octanol–water partition coefficient (Wildman–Crippen LogP) is 3.95. The van der Waals surface area contributed by atoms with Crippen LogP contribution in [0.15, 0.2) is 23.8 Å². The second-order valence-corrected chi connectivity index (χ2v) is 3.05. The molecule has 0 radical (unpaired) electrons. The fourth-order valence-corrected chi connectivity index (χ4v) is 0.937. The molecular formula is C11H20. The van der Waals surface area contributed by atoms with Crippen LogP contribution in [0.3, 0.4) is 0 Å². The fourth-order valence-electron chi connectivity index (χ4n) is 0.937. The zero-order valence-corrected chi connectivity index (χ0v) is 8.22. The Hall–Kier alpha value is -0.520. The SMILES string of the molecule is CC=C(C)C(C)CC=CCC. The molecule has 0 aromatic rings. The van der Waals surface area contributed by atoms with Crippen LogP contribution in [-0.2, 0) is 0 Å². The third-order valence-electron chi connectivity index (χ3n) is 2.12. The maximum atomic E-state index is 2.28. The molecule has 0 amide bonds. The summed E-state index contributed by atoms with van der Waals surface area (Å²) in [5, 5.41) is 0. The van der Waals surface area contributed by atoms with E-state index >= 15 is 0 Å². The lowest BCUT2D eigenvalue weighted by Crippen LogP contribution is -1.93. The molecule has 0 aliphatic heterocycles. The molecule has 0 aromatic heterocycles. The minimum Gasteiger partial charge on any atom is -0.0888 e. The summed E-state index contributed by atoms with van der Waals surface area (Å²) in [7, 11) is 0. The van der Waals surface area contributed by atoms with Gasteiger partial charge in [-0.15, -0.1) is 0 Å². The molecule has 0 aliphatic rings. The Morgan fingerprint density at radius 2 is 2.00 bits per heavy atom. The molecule has 64 valence electrons. The zero-order valence-electron chi connectivity index (χ0n) is 8.22. The van der Waals surface area contributed by atoms with Crippen LogP contribution in [0.25, 0.3) is 0 Å². The summed E-state index contributed by atoms with van der Waals surface area (Å²) >= 11 is 0. The summed E-state index contributed by atoms with van der Waals surface area (Å²) in [5.74, 6) is 0.711. The monoisotopic (exact) mass is 152 g/mol. The van der Waals surface area contributed by atoms with Gasteiger partial charge in [0.05, 0.1) is 0 Å². The smallest absolute Gasteiger partial charge is 0.0200 e. The standard InChI is InChI=1S/C11H20/c1-5-7-8-9-11(4)10(3)6-2/h6-8,11H,5,9H2,1-4H3. The van der Waals surface area contributed by atoms with Crippen LogP contribution < -0.4 is 0 Å². The van der Waals surface area contributed by atoms with Gasteiger partial charge in [-0.2, -0.15) is 0 Å². The van der Waals surface area contributed by atoms with Crippen LogP contribution in [0, 0.1) is 5.92 Å². The molecule has 1 atom stereocenters. The van der Waals surface area contributed by atoms with Crippen LogP contribution in [0.4, 0.5) is 0 Å². The topological polar surface area (TPSA) is 0 Å². The Morgan fingerprint density at radius 3 is 2.45 bits per heavy atom. The van der Waals surface area contributed by atoms with E-state index in [4.69, 9.17) is 0 Å². The van der Waals surface area contributed by atoms with Crippen LogP contribution in [-0.4, -0.2) is 0 Å². The average molecular weight is 152 g/mol. The summed E-state index contributed by atoms with van der Waals surface area (Å²) < 4.78 is 0. The highest BCUT2D eigenvalue weighted by Crippen LogP contribution is 2.13. The van der Waals surface area contributed by atoms with Gasteiger partial charge in [-0.3, -0.25) is 0 Å². The maximum absolute atomic E-state index is 2.28. The highest BCUT2D eigenvalue weighted by Gasteiger charge is 1.98. The molecular weight excluding hydrogens is 132 g/mol. The van der Waals surface area contributed by atoms with Crippen molar-refractivity contribution in [1.82, 2.24) is 0 Å². The van der Waals surface area contributed by atoms with Crippen molar-refractivity contribution in [3.05, 3.63) is 23.8 Å². The van der Waals surface area contributed by atoms with Gasteiger partial charge in [0, 0.05) is 0 Å². The summed E-state index contributed by atoms with van der Waals surface area (Å²) in [5.41, 5.74) is 1.49. The minimum atomic E-state index is 0.711. The lowest BCUT2D eigenvalue weighted by Gasteiger charge is -2.07. The van der Waals surface area contributed by atoms with Crippen molar-refractivity contribution in [3.8, 4) is 0 Å². The zero-order chi connectivity index (χ0) is 8.69. The quantitative estimate of drug-likeness (QED) is 0.535. The number of allylic oxidation sites excluding steroid dienone is 4. The van der Waals surface area contributed by atoms with Crippen LogP contribution in [0.2, 0.25) is 0 Å². The molecule has 0 N–H and O–H groups in total. The molecule has 0 saturated carbocycles. The van der Waals surface area contributed by atoms with Gasteiger partial charge in [0.1, 0.15) is 0 Å². The summed E-state index contributed by atoms with van der Waals surface area (Å²) in [4.78, 5) is 0. The Bertz CT molecular complexity index is 140. The third kappa shape index (κ3) is 4.83. The van der Waals surface area contributed by atoms with Crippen molar-refractivity contribution in [2.75, 3.05) is 0 Å². The molecule has 0 nitrogen and oxygen atoms in total. The molecule has 0 rings (SSSR count). The molecule has 0 aliphatic carbocycles. The first-order valence-corrected chi connectivity index (χ1v) is 4.50. The second-order valence-electron chi connectivity index (χ2n) is 3.05. The molecule has 0 fully saturated rings. The van der Waals surface area contributed by atoms with E-state index < -0.39 is 0 Å². The molecule has 0 spiro atoms. The summed E-state index contributed by atoms with van der Waals surface area (Å²) in [6.07, 6.45) is 9.05. The first-order chi connectivity index (χ1) is 5.22. The lowest BCUT2D eigenvalue weighted by molar-refractivity contribution is 0.692. The molecule has 1 unspecified atom stereocenters. The first kappa shape index (κ1) is 10.5. The van der Waals surface area contributed by atoms with E-state index in [1.54, 1.807) is 0 Å². The van der Waals surface area contributed by atoms with Crippen LogP contribution >= 0.6 is 0 Å². The van der Waals surface area contributed by atoms with Crippen molar-refractivity contribution in [1.29, 1.82) is 0 Å². The molecule has 0 heterocycles. The van der Waals surface area contributed by atoms with E-state index in [0.717, 1.165) is 6.42 Å². The van der Waals surface area contributed by atoms with Gasteiger partial charge in [0.25, 0.3) is 0 Å².